The smallest absolute Gasteiger partial charge is 0.227 e. The van der Waals surface area contributed by atoms with Crippen molar-refractivity contribution in [1.82, 2.24) is 14.5 Å². The molecule has 0 amide bonds. The van der Waals surface area contributed by atoms with Gasteiger partial charge in [0.2, 0.25) is 5.71 Å². The Morgan fingerprint density at radius 2 is 1.35 bits per heavy atom. The van der Waals surface area contributed by atoms with Gasteiger partial charge in [-0.05, 0) is 111 Å². The van der Waals surface area contributed by atoms with E-state index in [0.717, 1.165) is 49.7 Å². The van der Waals surface area contributed by atoms with Crippen LogP contribution in [0.2, 0.25) is 0 Å². The van der Waals surface area contributed by atoms with E-state index in [1.165, 1.54) is 22.2 Å². The predicted molar refractivity (Wildman–Crippen MR) is 205 cm³/mol. The van der Waals surface area contributed by atoms with E-state index in [9.17, 15) is 2.74 Å². The van der Waals surface area contributed by atoms with Gasteiger partial charge in [-0.2, -0.15) is 0 Å². The van der Waals surface area contributed by atoms with E-state index >= 15 is 0 Å². The Balaban J connectivity index is 1.33. The number of furan rings is 1. The Labute approximate surface area is 292 Å². The van der Waals surface area contributed by atoms with E-state index in [4.69, 9.17) is 13.5 Å². The van der Waals surface area contributed by atoms with Gasteiger partial charge < -0.3 is 4.42 Å². The van der Waals surface area contributed by atoms with Gasteiger partial charge in [-0.25, -0.2) is 9.97 Å². The number of pyridine rings is 1. The van der Waals surface area contributed by atoms with Gasteiger partial charge in [-0.15, -0.1) is 0 Å². The second kappa shape index (κ2) is 11.2. The van der Waals surface area contributed by atoms with Crippen LogP contribution in [-0.2, 0) is 0 Å². The molecule has 9 aromatic rings. The van der Waals surface area contributed by atoms with Crippen molar-refractivity contribution in [3.8, 4) is 28.2 Å². The summed E-state index contributed by atoms with van der Waals surface area (Å²) in [7, 11) is 0. The van der Waals surface area contributed by atoms with Crippen molar-refractivity contribution < 1.29 is 11.3 Å². The quantitative estimate of drug-likeness (QED) is 0.176. The van der Waals surface area contributed by atoms with Crippen LogP contribution in [0.1, 0.15) is 63.2 Å². The number of nitrogens with zero attached hydrogens (tertiary/aromatic N) is 3. The summed E-state index contributed by atoms with van der Waals surface area (Å²) in [5.74, 6) is -1.58. The third-order valence-corrected chi connectivity index (χ3v) is 9.66. The first-order valence-corrected chi connectivity index (χ1v) is 16.6. The average Bonchev–Trinajstić information content (AvgIpc) is 3.71. The van der Waals surface area contributed by atoms with Crippen LogP contribution in [-0.4, -0.2) is 14.5 Å². The molecular formula is C45H37N3O. The summed E-state index contributed by atoms with van der Waals surface area (Å²) in [5, 5.41) is 6.18. The molecule has 0 aliphatic carbocycles. The zero-order valence-corrected chi connectivity index (χ0v) is 27.8. The molecule has 0 saturated heterocycles. The molecule has 3 heterocycles. The molecular weight excluding hydrogens is 599 g/mol. The molecule has 0 fully saturated rings. The van der Waals surface area contributed by atoms with Crippen LogP contribution in [0, 0.1) is 6.85 Å². The average molecular weight is 641 g/mol. The number of hydrogen-bond acceptors (Lipinski definition) is 3. The Morgan fingerprint density at radius 1 is 0.633 bits per heavy atom. The summed E-state index contributed by atoms with van der Waals surface area (Å²) in [6.45, 7) is 5.16. The molecule has 0 N–H and O–H groups in total. The number of hydrogen-bond donors (Lipinski definition) is 0. The summed E-state index contributed by atoms with van der Waals surface area (Å²) in [5.41, 5.74) is 7.15. The maximum atomic E-state index is 9.59. The van der Waals surface area contributed by atoms with Crippen LogP contribution in [0.25, 0.3) is 82.8 Å². The minimum absolute atomic E-state index is 0.0349. The Hall–Kier alpha value is -5.74. The van der Waals surface area contributed by atoms with E-state index in [1.54, 1.807) is 6.07 Å². The molecule has 0 saturated carbocycles. The predicted octanol–water partition coefficient (Wildman–Crippen LogP) is 12.5. The van der Waals surface area contributed by atoms with Crippen LogP contribution >= 0.6 is 0 Å². The number of benzene rings is 6. The Bertz CT molecular complexity index is 2930. The van der Waals surface area contributed by atoms with Gasteiger partial charge in [0.1, 0.15) is 11.4 Å². The van der Waals surface area contributed by atoms with Gasteiger partial charge in [0.25, 0.3) is 0 Å². The molecule has 3 aromatic heterocycles. The highest BCUT2D eigenvalue weighted by atomic mass is 16.3. The first-order chi connectivity index (χ1) is 25.7. The van der Waals surface area contributed by atoms with Crippen molar-refractivity contribution in [2.45, 2.75) is 46.3 Å². The minimum atomic E-state index is -2.38. The second-order valence-electron chi connectivity index (χ2n) is 13.2. The highest BCUT2D eigenvalue weighted by Gasteiger charge is 2.25. The number of aryl methyl sites for hydroxylation is 1. The highest BCUT2D eigenvalue weighted by Crippen LogP contribution is 2.43. The van der Waals surface area contributed by atoms with Gasteiger partial charge in [-0.3, -0.25) is 4.57 Å². The molecule has 4 heteroatoms. The van der Waals surface area contributed by atoms with Gasteiger partial charge in [0.15, 0.2) is 0 Å². The van der Waals surface area contributed by atoms with E-state index in [0.29, 0.717) is 22.4 Å². The SMILES string of the molecule is [2H]C([2H])([2H])c1ccc2c(n1)oc1c(-c3nc4ccccc4n3-c3c(C([2H])(C)C)cc(-c4ccc5c(ccc6ccccc65)c4)cc3C([2H])(C)C)cccc12. The largest absolute Gasteiger partial charge is 0.437 e. The first-order valence-electron chi connectivity index (χ1n) is 19.1. The van der Waals surface area contributed by atoms with Crippen molar-refractivity contribution in [1.29, 1.82) is 0 Å². The van der Waals surface area contributed by atoms with Crippen LogP contribution < -0.4 is 0 Å². The maximum absolute atomic E-state index is 9.59. The molecule has 0 aliphatic rings. The van der Waals surface area contributed by atoms with Crippen molar-refractivity contribution in [3.05, 3.63) is 138 Å². The van der Waals surface area contributed by atoms with Crippen molar-refractivity contribution >= 4 is 54.6 Å². The van der Waals surface area contributed by atoms with E-state index < -0.39 is 18.6 Å². The van der Waals surface area contributed by atoms with E-state index in [-0.39, 0.29) is 11.4 Å². The van der Waals surface area contributed by atoms with Gasteiger partial charge in [0, 0.05) is 23.3 Å². The third-order valence-electron chi connectivity index (χ3n) is 9.66. The molecule has 0 atom stereocenters. The topological polar surface area (TPSA) is 43.9 Å². The minimum Gasteiger partial charge on any atom is -0.437 e. The number of rotatable bonds is 5. The number of imidazole rings is 1. The molecule has 4 nitrogen and oxygen atoms in total. The molecule has 9 rings (SSSR count). The Morgan fingerprint density at radius 3 is 2.16 bits per heavy atom. The van der Waals surface area contributed by atoms with E-state index in [1.807, 2.05) is 70.2 Å². The van der Waals surface area contributed by atoms with Crippen molar-refractivity contribution in [3.63, 3.8) is 0 Å². The standard InChI is InChI=1S/C45H37N3O/c1-26(2)38-24-32(30-20-22-34-31(23-30)19-18-29-11-6-7-12-33(29)34)25-39(27(3)4)42(38)48-41-16-9-8-15-40(41)47-44(48)37-14-10-13-35-36-21-17-28(5)46-45(36)49-43(35)37/h6-27H,1-5H3/i5D3,26D,27D. The first kappa shape index (κ1) is 24.4. The number of fused-ring (bicyclic) bond motifs is 7. The number of aromatic nitrogens is 3. The second-order valence-corrected chi connectivity index (χ2v) is 13.2. The zero-order chi connectivity index (χ0) is 37.7. The van der Waals surface area contributed by atoms with Gasteiger partial charge in [0.05, 0.1) is 22.3 Å². The maximum Gasteiger partial charge on any atom is 0.227 e. The van der Waals surface area contributed by atoms with Crippen LogP contribution in [0.15, 0.2) is 126 Å². The van der Waals surface area contributed by atoms with Crippen LogP contribution in [0.5, 0.6) is 0 Å². The van der Waals surface area contributed by atoms with Gasteiger partial charge in [-0.1, -0.05) is 100 Å². The van der Waals surface area contributed by atoms with Crippen molar-refractivity contribution in [2.75, 3.05) is 0 Å². The fourth-order valence-corrected chi connectivity index (χ4v) is 7.29. The van der Waals surface area contributed by atoms with E-state index in [2.05, 4.69) is 76.3 Å². The molecule has 6 aromatic carbocycles. The number of para-hydroxylation sites is 3. The summed E-state index contributed by atoms with van der Waals surface area (Å²) < 4.78 is 51.4. The Kier molecular flexibility index (Phi) is 5.56. The molecule has 0 spiro atoms. The third kappa shape index (κ3) is 4.66. The summed E-state index contributed by atoms with van der Waals surface area (Å²) in [6, 6.07) is 40.4. The molecule has 0 aliphatic heterocycles. The summed E-state index contributed by atoms with van der Waals surface area (Å²) in [4.78, 5) is 9.59. The normalized spacial score (nSPS) is 14.3. The zero-order valence-electron chi connectivity index (χ0n) is 32.8. The lowest BCUT2D eigenvalue weighted by Crippen LogP contribution is -2.09. The monoisotopic (exact) mass is 640 g/mol. The lowest BCUT2D eigenvalue weighted by atomic mass is 9.87. The molecule has 0 bridgehead atoms. The van der Waals surface area contributed by atoms with Crippen LogP contribution in [0.4, 0.5) is 0 Å². The van der Waals surface area contributed by atoms with Crippen LogP contribution in [0.3, 0.4) is 0 Å². The summed E-state index contributed by atoms with van der Waals surface area (Å²) >= 11 is 0. The molecule has 238 valence electrons. The highest BCUT2D eigenvalue weighted by molar-refractivity contribution is 6.09. The lowest BCUT2D eigenvalue weighted by molar-refractivity contribution is 0.653. The van der Waals surface area contributed by atoms with Gasteiger partial charge >= 0.3 is 0 Å². The lowest BCUT2D eigenvalue weighted by Gasteiger charge is -2.24. The molecule has 0 unspecified atom stereocenters. The summed E-state index contributed by atoms with van der Waals surface area (Å²) in [6.07, 6.45) is 0. The fraction of sp³-hybridized carbons (Fsp3) is 0.156. The molecule has 0 radical (unpaired) electrons. The fourth-order valence-electron chi connectivity index (χ4n) is 7.29. The molecule has 49 heavy (non-hydrogen) atoms. The van der Waals surface area contributed by atoms with Crippen molar-refractivity contribution in [2.24, 2.45) is 0 Å².